The van der Waals surface area contributed by atoms with Crippen LogP contribution in [0, 0.1) is 0 Å². The van der Waals surface area contributed by atoms with Crippen LogP contribution in [-0.4, -0.2) is 16.8 Å². The van der Waals surface area contributed by atoms with Gasteiger partial charge in [-0.25, -0.2) is 0 Å². The number of thiol groups is 1. The highest BCUT2D eigenvalue weighted by Gasteiger charge is 2.26. The molecule has 11 heavy (non-hydrogen) atoms. The molecule has 1 unspecified atom stereocenters. The molecular weight excluding hydrogens is 154 g/mol. The lowest BCUT2D eigenvalue weighted by Gasteiger charge is -2.35. The summed E-state index contributed by atoms with van der Waals surface area (Å²) >= 11 is 4.52. The van der Waals surface area contributed by atoms with E-state index >= 15 is 0 Å². The topological polar surface area (TPSA) is 12.0 Å². The Morgan fingerprint density at radius 2 is 2.00 bits per heavy atom. The van der Waals surface area contributed by atoms with Crippen LogP contribution in [0.1, 0.15) is 40.0 Å². The molecule has 1 aliphatic rings. The van der Waals surface area contributed by atoms with E-state index in [0.29, 0.717) is 6.04 Å². The molecular formula is C9H19NS. The van der Waals surface area contributed by atoms with E-state index in [1.165, 1.54) is 19.3 Å². The monoisotopic (exact) mass is 173 g/mol. The van der Waals surface area contributed by atoms with Gasteiger partial charge in [-0.15, -0.1) is 0 Å². The molecule has 0 bridgehead atoms. The van der Waals surface area contributed by atoms with Crippen LogP contribution in [-0.2, 0) is 0 Å². The van der Waals surface area contributed by atoms with Crippen LogP contribution in [0.15, 0.2) is 0 Å². The molecule has 1 rings (SSSR count). The van der Waals surface area contributed by atoms with Crippen LogP contribution in [0.2, 0.25) is 0 Å². The molecule has 0 radical (unpaired) electrons. The highest BCUT2D eigenvalue weighted by Crippen LogP contribution is 2.23. The lowest BCUT2D eigenvalue weighted by atomic mass is 9.91. The Kier molecular flexibility index (Phi) is 2.87. The van der Waals surface area contributed by atoms with Crippen molar-refractivity contribution in [3.05, 3.63) is 0 Å². The zero-order valence-corrected chi connectivity index (χ0v) is 8.62. The molecule has 0 saturated heterocycles. The van der Waals surface area contributed by atoms with E-state index in [1.54, 1.807) is 0 Å². The highest BCUT2D eigenvalue weighted by molar-refractivity contribution is 7.81. The minimum Gasteiger partial charge on any atom is -0.310 e. The third-order valence-electron chi connectivity index (χ3n) is 2.65. The maximum absolute atomic E-state index is 4.52. The van der Waals surface area contributed by atoms with E-state index < -0.39 is 0 Å². The second-order valence-corrected chi connectivity index (χ2v) is 5.32. The Balaban J connectivity index is 2.24. The van der Waals surface area contributed by atoms with Gasteiger partial charge in [0.05, 0.1) is 0 Å². The summed E-state index contributed by atoms with van der Waals surface area (Å²) in [6.45, 7) is 6.53. The Labute approximate surface area is 75.4 Å². The van der Waals surface area contributed by atoms with Gasteiger partial charge in [0.25, 0.3) is 0 Å². The van der Waals surface area contributed by atoms with Gasteiger partial charge < -0.3 is 5.32 Å². The van der Waals surface area contributed by atoms with Crippen molar-refractivity contribution >= 4 is 12.6 Å². The molecule has 2 heteroatoms. The first kappa shape index (κ1) is 9.40. The predicted molar refractivity (Wildman–Crippen MR) is 53.3 cm³/mol. The molecule has 1 aliphatic carbocycles. The first-order valence-corrected chi connectivity index (χ1v) is 4.93. The molecule has 0 aromatic carbocycles. The lowest BCUT2D eigenvalue weighted by molar-refractivity contribution is 0.292. The molecule has 0 aliphatic heterocycles. The molecule has 0 aromatic rings. The summed E-state index contributed by atoms with van der Waals surface area (Å²) in [6, 6.07) is 1.28. The van der Waals surface area contributed by atoms with Crippen molar-refractivity contribution in [2.45, 2.75) is 56.9 Å². The van der Waals surface area contributed by atoms with Gasteiger partial charge in [0.15, 0.2) is 0 Å². The average Bonchev–Trinajstić information content (AvgIpc) is 1.75. The van der Waals surface area contributed by atoms with Crippen molar-refractivity contribution in [3.8, 4) is 0 Å². The molecule has 0 aromatic heterocycles. The van der Waals surface area contributed by atoms with Gasteiger partial charge >= 0.3 is 0 Å². The molecule has 1 atom stereocenters. The highest BCUT2D eigenvalue weighted by atomic mass is 32.1. The molecule has 0 heterocycles. The van der Waals surface area contributed by atoms with Crippen molar-refractivity contribution in [2.75, 3.05) is 0 Å². The largest absolute Gasteiger partial charge is 0.310 e. The first-order valence-electron chi connectivity index (χ1n) is 4.48. The summed E-state index contributed by atoms with van der Waals surface area (Å²) in [5.74, 6) is 0. The van der Waals surface area contributed by atoms with E-state index in [1.807, 2.05) is 0 Å². The van der Waals surface area contributed by atoms with Crippen molar-refractivity contribution in [1.82, 2.24) is 5.32 Å². The van der Waals surface area contributed by atoms with Crippen LogP contribution >= 0.6 is 12.6 Å². The summed E-state index contributed by atoms with van der Waals surface area (Å²) < 4.78 is 0.107. The zero-order chi connectivity index (χ0) is 8.48. The number of hydrogen-bond donors (Lipinski definition) is 2. The normalized spacial score (nSPS) is 22.9. The van der Waals surface area contributed by atoms with Crippen LogP contribution in [0.25, 0.3) is 0 Å². The maximum Gasteiger partial charge on any atom is 0.0224 e. The summed E-state index contributed by atoms with van der Waals surface area (Å²) in [6.07, 6.45) is 4.11. The van der Waals surface area contributed by atoms with Crippen LogP contribution < -0.4 is 5.32 Å². The smallest absolute Gasteiger partial charge is 0.0224 e. The number of hydrogen-bond acceptors (Lipinski definition) is 2. The van der Waals surface area contributed by atoms with Gasteiger partial charge in [-0.3, -0.25) is 0 Å². The third kappa shape index (κ3) is 2.68. The van der Waals surface area contributed by atoms with E-state index in [0.717, 1.165) is 6.04 Å². The standard InChI is InChI=1S/C9H19NS/c1-7(9(2,3)11)10-8-5-4-6-8/h7-8,10-11H,4-6H2,1-3H3. The minimum atomic E-state index is 0.107. The van der Waals surface area contributed by atoms with E-state index in [9.17, 15) is 0 Å². The van der Waals surface area contributed by atoms with Gasteiger partial charge in [-0.2, -0.15) is 12.6 Å². The molecule has 66 valence electrons. The van der Waals surface area contributed by atoms with Crippen LogP contribution in [0.3, 0.4) is 0 Å². The lowest BCUT2D eigenvalue weighted by Crippen LogP contribution is -2.48. The second kappa shape index (κ2) is 3.36. The van der Waals surface area contributed by atoms with E-state index in [4.69, 9.17) is 0 Å². The Hall–Kier alpha value is 0.310. The van der Waals surface area contributed by atoms with Gasteiger partial charge in [0.1, 0.15) is 0 Å². The van der Waals surface area contributed by atoms with Gasteiger partial charge in [-0.05, 0) is 33.6 Å². The van der Waals surface area contributed by atoms with Crippen LogP contribution in [0.5, 0.6) is 0 Å². The van der Waals surface area contributed by atoms with E-state index in [2.05, 4.69) is 38.7 Å². The fourth-order valence-electron chi connectivity index (χ4n) is 1.13. The van der Waals surface area contributed by atoms with Gasteiger partial charge in [0, 0.05) is 16.8 Å². The fraction of sp³-hybridized carbons (Fsp3) is 1.00. The van der Waals surface area contributed by atoms with Gasteiger partial charge in [0.2, 0.25) is 0 Å². The maximum atomic E-state index is 4.52. The average molecular weight is 173 g/mol. The summed E-state index contributed by atoms with van der Waals surface area (Å²) in [5.41, 5.74) is 0. The van der Waals surface area contributed by atoms with Crippen molar-refractivity contribution in [1.29, 1.82) is 0 Å². The summed E-state index contributed by atoms with van der Waals surface area (Å²) in [4.78, 5) is 0. The van der Waals surface area contributed by atoms with Crippen molar-refractivity contribution in [3.63, 3.8) is 0 Å². The molecule has 1 N–H and O–H groups in total. The molecule has 1 saturated carbocycles. The number of rotatable bonds is 3. The fourth-order valence-corrected chi connectivity index (χ4v) is 1.21. The molecule has 1 fully saturated rings. The number of nitrogens with one attached hydrogen (secondary N) is 1. The SMILES string of the molecule is CC(NC1CCC1)C(C)(C)S. The zero-order valence-electron chi connectivity index (χ0n) is 7.72. The Bertz CT molecular complexity index is 124. The van der Waals surface area contributed by atoms with E-state index in [-0.39, 0.29) is 4.75 Å². The Morgan fingerprint density at radius 1 is 1.45 bits per heavy atom. The van der Waals surface area contributed by atoms with Crippen molar-refractivity contribution in [2.24, 2.45) is 0 Å². The predicted octanol–water partition coefficient (Wildman–Crippen LogP) is 2.23. The van der Waals surface area contributed by atoms with Gasteiger partial charge in [-0.1, -0.05) is 6.42 Å². The molecule has 0 amide bonds. The first-order chi connectivity index (χ1) is 5.00. The summed E-state index contributed by atoms with van der Waals surface area (Å²) in [5, 5.41) is 3.58. The Morgan fingerprint density at radius 3 is 2.27 bits per heavy atom. The minimum absolute atomic E-state index is 0.107. The molecule has 1 nitrogen and oxygen atoms in total. The third-order valence-corrected chi connectivity index (χ3v) is 3.04. The quantitative estimate of drug-likeness (QED) is 0.624. The van der Waals surface area contributed by atoms with Crippen molar-refractivity contribution < 1.29 is 0 Å². The molecule has 0 spiro atoms. The summed E-state index contributed by atoms with van der Waals surface area (Å²) in [7, 11) is 0. The second-order valence-electron chi connectivity index (χ2n) is 4.17. The van der Waals surface area contributed by atoms with Crippen LogP contribution in [0.4, 0.5) is 0 Å².